The van der Waals surface area contributed by atoms with Crippen LogP contribution in [0.2, 0.25) is 0 Å². The molecule has 2 aliphatic heterocycles. The van der Waals surface area contributed by atoms with Crippen LogP contribution in [0.15, 0.2) is 18.5 Å². The van der Waals surface area contributed by atoms with Crippen molar-refractivity contribution in [2.45, 2.75) is 50.6 Å². The SMILES string of the molecule is CCOC[C@H]1CC[C@H]2[C@H](CCN2C(=O)c2ccncc2F)O1.O=C(O)C(F)(F)F. The molecule has 0 aromatic carbocycles. The second kappa shape index (κ2) is 9.97. The summed E-state index contributed by atoms with van der Waals surface area (Å²) in [6, 6.07) is 1.48. The van der Waals surface area contributed by atoms with Crippen LogP contribution in [0, 0.1) is 5.82 Å². The maximum Gasteiger partial charge on any atom is 0.490 e. The number of hydrogen-bond acceptors (Lipinski definition) is 5. The molecule has 0 bridgehead atoms. The molecule has 0 spiro atoms. The van der Waals surface area contributed by atoms with Gasteiger partial charge in [-0.1, -0.05) is 0 Å². The number of aromatic nitrogens is 1. The smallest absolute Gasteiger partial charge is 0.475 e. The largest absolute Gasteiger partial charge is 0.490 e. The lowest BCUT2D eigenvalue weighted by Gasteiger charge is -2.35. The van der Waals surface area contributed by atoms with E-state index >= 15 is 0 Å². The molecule has 0 unspecified atom stereocenters. The number of carboxylic acid groups (broad SMARTS) is 1. The number of carboxylic acids is 1. The quantitative estimate of drug-likeness (QED) is 0.751. The Bertz CT molecular complexity index is 716. The molecule has 0 aliphatic carbocycles. The molecule has 11 heteroatoms. The molecular weight excluding hydrogens is 400 g/mol. The van der Waals surface area contributed by atoms with Crippen molar-refractivity contribution in [2.24, 2.45) is 0 Å². The van der Waals surface area contributed by atoms with Gasteiger partial charge in [0.05, 0.1) is 36.6 Å². The number of halogens is 4. The van der Waals surface area contributed by atoms with Gasteiger partial charge in [0, 0.05) is 19.3 Å². The fourth-order valence-corrected chi connectivity index (χ4v) is 3.33. The molecule has 3 rings (SSSR count). The molecular formula is C18H22F4N2O5. The summed E-state index contributed by atoms with van der Waals surface area (Å²) < 4.78 is 56.9. The highest BCUT2D eigenvalue weighted by Crippen LogP contribution is 2.32. The van der Waals surface area contributed by atoms with Gasteiger partial charge in [-0.15, -0.1) is 0 Å². The lowest BCUT2D eigenvalue weighted by atomic mass is 9.99. The average molecular weight is 422 g/mol. The zero-order valence-corrected chi connectivity index (χ0v) is 15.7. The molecule has 0 radical (unpaired) electrons. The van der Waals surface area contributed by atoms with Crippen LogP contribution in [-0.2, 0) is 14.3 Å². The van der Waals surface area contributed by atoms with E-state index in [4.69, 9.17) is 19.4 Å². The summed E-state index contributed by atoms with van der Waals surface area (Å²) in [4.78, 5) is 26.9. The second-order valence-corrected chi connectivity index (χ2v) is 6.55. The first-order valence-electron chi connectivity index (χ1n) is 9.09. The number of likely N-dealkylation sites (tertiary alicyclic amines) is 1. The van der Waals surface area contributed by atoms with Gasteiger partial charge in [-0.25, -0.2) is 9.18 Å². The maximum atomic E-state index is 13.8. The van der Waals surface area contributed by atoms with Crippen LogP contribution in [0.4, 0.5) is 17.6 Å². The zero-order chi connectivity index (χ0) is 21.6. The lowest BCUT2D eigenvalue weighted by molar-refractivity contribution is -0.192. The van der Waals surface area contributed by atoms with Gasteiger partial charge < -0.3 is 19.5 Å². The fraction of sp³-hybridized carbons (Fsp3) is 0.611. The van der Waals surface area contributed by atoms with E-state index in [1.807, 2.05) is 6.92 Å². The van der Waals surface area contributed by atoms with E-state index < -0.39 is 18.0 Å². The van der Waals surface area contributed by atoms with Gasteiger partial charge in [-0.3, -0.25) is 9.78 Å². The number of pyridine rings is 1. The minimum Gasteiger partial charge on any atom is -0.475 e. The number of rotatable bonds is 4. The normalized spacial score (nSPS) is 23.8. The maximum absolute atomic E-state index is 13.8. The van der Waals surface area contributed by atoms with Crippen molar-refractivity contribution < 1.29 is 41.7 Å². The van der Waals surface area contributed by atoms with Gasteiger partial charge in [0.1, 0.15) is 0 Å². The van der Waals surface area contributed by atoms with E-state index in [9.17, 15) is 22.4 Å². The van der Waals surface area contributed by atoms with Crippen LogP contribution in [-0.4, -0.2) is 71.1 Å². The summed E-state index contributed by atoms with van der Waals surface area (Å²) in [7, 11) is 0. The van der Waals surface area contributed by atoms with Crippen LogP contribution >= 0.6 is 0 Å². The molecule has 2 saturated heterocycles. The highest BCUT2D eigenvalue weighted by molar-refractivity contribution is 5.94. The second-order valence-electron chi connectivity index (χ2n) is 6.55. The molecule has 2 aliphatic rings. The van der Waals surface area contributed by atoms with Gasteiger partial charge in [0.2, 0.25) is 0 Å². The van der Waals surface area contributed by atoms with E-state index in [0.717, 1.165) is 25.5 Å². The third-order valence-electron chi connectivity index (χ3n) is 4.65. The van der Waals surface area contributed by atoms with Gasteiger partial charge in [0.25, 0.3) is 5.91 Å². The zero-order valence-electron chi connectivity index (χ0n) is 15.7. The summed E-state index contributed by atoms with van der Waals surface area (Å²) >= 11 is 0. The number of carbonyl (C=O) groups excluding carboxylic acids is 1. The van der Waals surface area contributed by atoms with Gasteiger partial charge in [-0.05, 0) is 32.3 Å². The molecule has 0 saturated carbocycles. The Balaban J connectivity index is 0.000000370. The van der Waals surface area contributed by atoms with Crippen LogP contribution in [0.25, 0.3) is 0 Å². The van der Waals surface area contributed by atoms with Crippen LogP contribution in [0.5, 0.6) is 0 Å². The monoisotopic (exact) mass is 422 g/mol. The first-order valence-corrected chi connectivity index (χ1v) is 9.09. The van der Waals surface area contributed by atoms with Crippen LogP contribution in [0.1, 0.15) is 36.5 Å². The molecule has 3 heterocycles. The third-order valence-corrected chi connectivity index (χ3v) is 4.65. The van der Waals surface area contributed by atoms with Crippen LogP contribution in [0.3, 0.4) is 0 Å². The van der Waals surface area contributed by atoms with E-state index in [2.05, 4.69) is 4.98 Å². The predicted octanol–water partition coefficient (Wildman–Crippen LogP) is 2.65. The standard InChI is InChI=1S/C16H21FN2O3.C2HF3O2/c1-2-21-10-11-3-4-14-15(22-11)6-8-19(14)16(20)12-5-7-18-9-13(12)17;3-2(4,5)1(6)7/h5,7,9,11,14-15H,2-4,6,8,10H2,1H3;(H,6,7)/t11-,14+,15+;/m1./s1. The average Bonchev–Trinajstić information content (AvgIpc) is 3.09. The summed E-state index contributed by atoms with van der Waals surface area (Å²) in [6.45, 7) is 3.86. The van der Waals surface area contributed by atoms with E-state index in [1.54, 1.807) is 4.90 Å². The number of hydrogen-bond donors (Lipinski definition) is 1. The summed E-state index contributed by atoms with van der Waals surface area (Å²) in [5.74, 6) is -3.59. The van der Waals surface area contributed by atoms with Crippen molar-refractivity contribution in [2.75, 3.05) is 19.8 Å². The summed E-state index contributed by atoms with van der Waals surface area (Å²) in [5.41, 5.74) is 0.0899. The number of amides is 1. The van der Waals surface area contributed by atoms with Crippen LogP contribution < -0.4 is 0 Å². The number of nitrogens with zero attached hydrogens (tertiary/aromatic N) is 2. The van der Waals surface area contributed by atoms with Crippen molar-refractivity contribution in [3.63, 3.8) is 0 Å². The number of aliphatic carboxylic acids is 1. The number of ether oxygens (including phenoxy) is 2. The number of alkyl halides is 3. The van der Waals surface area contributed by atoms with Crippen molar-refractivity contribution in [1.82, 2.24) is 9.88 Å². The van der Waals surface area contributed by atoms with Gasteiger partial charge >= 0.3 is 12.1 Å². The molecule has 7 nitrogen and oxygen atoms in total. The Hall–Kier alpha value is -2.27. The predicted molar refractivity (Wildman–Crippen MR) is 91.7 cm³/mol. The van der Waals surface area contributed by atoms with Gasteiger partial charge in [-0.2, -0.15) is 13.2 Å². The lowest BCUT2D eigenvalue weighted by Crippen LogP contribution is -2.46. The van der Waals surface area contributed by atoms with Crippen molar-refractivity contribution >= 4 is 11.9 Å². The Labute approximate surface area is 164 Å². The number of fused-ring (bicyclic) bond motifs is 1. The Morgan fingerprint density at radius 2 is 2.03 bits per heavy atom. The molecule has 2 fully saturated rings. The third kappa shape index (κ3) is 6.10. The topological polar surface area (TPSA) is 89.0 Å². The minimum atomic E-state index is -5.08. The van der Waals surface area contributed by atoms with E-state index in [1.165, 1.54) is 12.3 Å². The van der Waals surface area contributed by atoms with Crippen molar-refractivity contribution in [3.8, 4) is 0 Å². The van der Waals surface area contributed by atoms with E-state index in [0.29, 0.717) is 19.8 Å². The van der Waals surface area contributed by atoms with E-state index in [-0.39, 0.29) is 29.7 Å². The molecule has 1 aromatic heterocycles. The van der Waals surface area contributed by atoms with Crippen molar-refractivity contribution in [1.29, 1.82) is 0 Å². The van der Waals surface area contributed by atoms with Crippen molar-refractivity contribution in [3.05, 3.63) is 29.8 Å². The first-order chi connectivity index (χ1) is 13.6. The highest BCUT2D eigenvalue weighted by Gasteiger charge is 2.42. The Morgan fingerprint density at radius 3 is 2.62 bits per heavy atom. The molecule has 1 aromatic rings. The molecule has 3 atom stereocenters. The molecule has 29 heavy (non-hydrogen) atoms. The highest BCUT2D eigenvalue weighted by atomic mass is 19.4. The minimum absolute atomic E-state index is 0.0352. The molecule has 1 amide bonds. The summed E-state index contributed by atoms with van der Waals surface area (Å²) in [6.07, 6.45) is 0.119. The molecule has 1 N–H and O–H groups in total. The fourth-order valence-electron chi connectivity index (χ4n) is 3.33. The number of carbonyl (C=O) groups is 2. The summed E-state index contributed by atoms with van der Waals surface area (Å²) in [5, 5.41) is 7.12. The first kappa shape index (κ1) is 23.0. The Kier molecular flexibility index (Phi) is 7.91. The Morgan fingerprint density at radius 1 is 1.34 bits per heavy atom. The van der Waals surface area contributed by atoms with Gasteiger partial charge in [0.15, 0.2) is 5.82 Å². The molecule has 162 valence electrons.